The van der Waals surface area contributed by atoms with Crippen molar-refractivity contribution in [2.75, 3.05) is 37.7 Å². The summed E-state index contributed by atoms with van der Waals surface area (Å²) in [6.45, 7) is 8.53. The SMILES string of the molecule is CCc1nc2sc(C3CCN(CC(=O)NC(C)CO)CC3)cn2c1N(CC)c1nc(-c2ccc(F)cc2)c(C#N)s1. The van der Waals surface area contributed by atoms with Gasteiger partial charge in [-0.1, -0.05) is 18.3 Å². The number of aromatic nitrogens is 3. The fourth-order valence-corrected chi connectivity index (χ4v) is 7.35. The summed E-state index contributed by atoms with van der Waals surface area (Å²) in [6.07, 6.45) is 4.87. The lowest BCUT2D eigenvalue weighted by molar-refractivity contribution is -0.123. The maximum atomic E-state index is 13.5. The molecular formula is C29H34FN7O2S2. The molecular weight excluding hydrogens is 561 g/mol. The van der Waals surface area contributed by atoms with Crippen molar-refractivity contribution in [2.24, 2.45) is 0 Å². The molecule has 1 atom stereocenters. The first-order chi connectivity index (χ1) is 19.8. The number of likely N-dealkylation sites (tertiary alicyclic amines) is 1. The molecule has 9 nitrogen and oxygen atoms in total. The molecule has 216 valence electrons. The van der Waals surface area contributed by atoms with Gasteiger partial charge in [-0.05, 0) is 76.4 Å². The fourth-order valence-electron chi connectivity index (χ4n) is 5.23. The van der Waals surface area contributed by atoms with Crippen LogP contribution in [-0.4, -0.2) is 69.1 Å². The van der Waals surface area contributed by atoms with Gasteiger partial charge < -0.3 is 15.3 Å². The molecule has 1 aromatic carbocycles. The third-order valence-corrected chi connectivity index (χ3v) is 9.53. The van der Waals surface area contributed by atoms with E-state index < -0.39 is 0 Å². The van der Waals surface area contributed by atoms with E-state index in [1.54, 1.807) is 30.4 Å². The number of carbonyl (C=O) groups excluding carboxylic acids is 1. The van der Waals surface area contributed by atoms with Gasteiger partial charge in [0, 0.05) is 29.2 Å². The molecule has 12 heteroatoms. The van der Waals surface area contributed by atoms with Crippen molar-refractivity contribution < 1.29 is 14.3 Å². The maximum Gasteiger partial charge on any atom is 0.234 e. The smallest absolute Gasteiger partial charge is 0.234 e. The molecule has 1 unspecified atom stereocenters. The Morgan fingerprint density at radius 3 is 2.61 bits per heavy atom. The summed E-state index contributed by atoms with van der Waals surface area (Å²) < 4.78 is 15.7. The van der Waals surface area contributed by atoms with Crippen molar-refractivity contribution in [3.8, 4) is 17.3 Å². The number of amides is 1. The normalized spacial score (nSPS) is 15.2. The van der Waals surface area contributed by atoms with Crippen molar-refractivity contribution in [1.29, 1.82) is 5.26 Å². The zero-order valence-corrected chi connectivity index (χ0v) is 25.1. The molecule has 2 N–H and O–H groups in total. The minimum atomic E-state index is -0.329. The van der Waals surface area contributed by atoms with E-state index in [-0.39, 0.29) is 24.4 Å². The van der Waals surface area contributed by atoms with Gasteiger partial charge in [0.1, 0.15) is 28.3 Å². The Kier molecular flexibility index (Phi) is 8.99. The number of halogens is 1. The van der Waals surface area contributed by atoms with Crippen LogP contribution < -0.4 is 10.2 Å². The van der Waals surface area contributed by atoms with Crippen LogP contribution in [0.25, 0.3) is 16.2 Å². The predicted octanol–water partition coefficient (Wildman–Crippen LogP) is 4.93. The molecule has 41 heavy (non-hydrogen) atoms. The summed E-state index contributed by atoms with van der Waals surface area (Å²) in [7, 11) is 0. The van der Waals surface area contributed by atoms with E-state index in [0.29, 0.717) is 40.3 Å². The number of imidazole rings is 1. The molecule has 0 saturated carbocycles. The van der Waals surface area contributed by atoms with Crippen molar-refractivity contribution >= 4 is 44.5 Å². The van der Waals surface area contributed by atoms with Crippen molar-refractivity contribution in [3.05, 3.63) is 51.7 Å². The molecule has 4 aromatic rings. The van der Waals surface area contributed by atoms with Crippen LogP contribution in [0.5, 0.6) is 0 Å². The van der Waals surface area contributed by atoms with E-state index in [1.165, 1.54) is 28.3 Å². The second kappa shape index (κ2) is 12.7. The van der Waals surface area contributed by atoms with Gasteiger partial charge in [-0.2, -0.15) is 5.26 Å². The number of piperidine rings is 1. The van der Waals surface area contributed by atoms with Gasteiger partial charge in [-0.15, -0.1) is 11.3 Å². The average Bonchev–Trinajstić information content (AvgIpc) is 3.68. The lowest BCUT2D eigenvalue weighted by Crippen LogP contribution is -2.44. The Morgan fingerprint density at radius 2 is 1.98 bits per heavy atom. The Hall–Kier alpha value is -3.37. The van der Waals surface area contributed by atoms with Gasteiger partial charge in [0.15, 0.2) is 10.1 Å². The largest absolute Gasteiger partial charge is 0.394 e. The number of carbonyl (C=O) groups is 1. The molecule has 0 bridgehead atoms. The minimum absolute atomic E-state index is 0.0553. The van der Waals surface area contributed by atoms with Gasteiger partial charge in [-0.25, -0.2) is 14.4 Å². The predicted molar refractivity (Wildman–Crippen MR) is 160 cm³/mol. The highest BCUT2D eigenvalue weighted by atomic mass is 32.1. The highest BCUT2D eigenvalue weighted by Gasteiger charge is 2.28. The summed E-state index contributed by atoms with van der Waals surface area (Å²) in [4.78, 5) is 29.0. The van der Waals surface area contributed by atoms with Crippen molar-refractivity contribution in [3.63, 3.8) is 0 Å². The number of thiazole rings is 2. The van der Waals surface area contributed by atoms with Crippen LogP contribution in [0.2, 0.25) is 0 Å². The first-order valence-corrected chi connectivity index (χ1v) is 15.6. The Morgan fingerprint density at radius 1 is 1.24 bits per heavy atom. The summed E-state index contributed by atoms with van der Waals surface area (Å²) in [6, 6.07) is 8.10. The number of benzene rings is 1. The standard InChI is InChI=1S/C29H34FN7O2S2/c1-4-22-27(36(5-2)29-34-26(23(14-31)40-29)20-6-8-21(30)9-7-20)37-15-24(41-28(37)33-22)19-10-12-35(13-11-19)16-25(39)32-18(3)17-38/h6-9,15,18-19,38H,4-5,10-13,16-17H2,1-3H3,(H,32,39). The molecule has 1 saturated heterocycles. The number of nitriles is 1. The number of hydrogen-bond donors (Lipinski definition) is 2. The second-order valence-electron chi connectivity index (χ2n) is 10.3. The molecule has 1 aliphatic rings. The molecule has 1 fully saturated rings. The topological polar surface area (TPSA) is 110 Å². The first-order valence-electron chi connectivity index (χ1n) is 13.9. The Labute approximate surface area is 246 Å². The number of fused-ring (bicyclic) bond motifs is 1. The summed E-state index contributed by atoms with van der Waals surface area (Å²) in [5.41, 5.74) is 2.24. The first kappa shape index (κ1) is 29.1. The summed E-state index contributed by atoms with van der Waals surface area (Å²) >= 11 is 3.04. The Balaban J connectivity index is 1.38. The molecule has 1 aliphatic heterocycles. The van der Waals surface area contributed by atoms with E-state index in [9.17, 15) is 19.6 Å². The number of aryl methyl sites for hydroxylation is 1. The van der Waals surface area contributed by atoms with E-state index in [0.717, 1.165) is 48.8 Å². The summed E-state index contributed by atoms with van der Waals surface area (Å²) in [5.74, 6) is 0.966. The Bertz CT molecular complexity index is 1550. The van der Waals surface area contributed by atoms with Crippen LogP contribution in [0.1, 0.15) is 55.0 Å². The lowest BCUT2D eigenvalue weighted by Gasteiger charge is -2.31. The number of rotatable bonds is 10. The minimum Gasteiger partial charge on any atom is -0.394 e. The van der Waals surface area contributed by atoms with Crippen LogP contribution in [0.3, 0.4) is 0 Å². The van der Waals surface area contributed by atoms with Crippen LogP contribution in [-0.2, 0) is 11.2 Å². The molecule has 0 aliphatic carbocycles. The van der Waals surface area contributed by atoms with Gasteiger partial charge in [0.05, 0.1) is 18.8 Å². The van der Waals surface area contributed by atoms with Gasteiger partial charge >= 0.3 is 0 Å². The van der Waals surface area contributed by atoms with E-state index in [2.05, 4.69) is 45.6 Å². The zero-order chi connectivity index (χ0) is 29.1. The van der Waals surface area contributed by atoms with E-state index >= 15 is 0 Å². The van der Waals surface area contributed by atoms with Crippen LogP contribution in [0.15, 0.2) is 30.5 Å². The number of nitrogens with one attached hydrogen (secondary N) is 1. The molecule has 0 radical (unpaired) electrons. The third kappa shape index (κ3) is 6.13. The molecule has 1 amide bonds. The van der Waals surface area contributed by atoms with Gasteiger partial charge in [0.25, 0.3) is 0 Å². The van der Waals surface area contributed by atoms with Crippen molar-refractivity contribution in [2.45, 2.75) is 52.0 Å². The van der Waals surface area contributed by atoms with Crippen LogP contribution in [0, 0.1) is 17.1 Å². The number of aliphatic hydroxyl groups is 1. The summed E-state index contributed by atoms with van der Waals surface area (Å²) in [5, 5.41) is 22.5. The molecule has 3 aromatic heterocycles. The zero-order valence-electron chi connectivity index (χ0n) is 23.4. The lowest BCUT2D eigenvalue weighted by atomic mass is 9.96. The van der Waals surface area contributed by atoms with Crippen LogP contribution in [0.4, 0.5) is 15.3 Å². The van der Waals surface area contributed by atoms with Gasteiger partial charge in [-0.3, -0.25) is 14.1 Å². The molecule has 0 spiro atoms. The average molecular weight is 596 g/mol. The number of nitrogens with zero attached hydrogens (tertiary/aromatic N) is 6. The number of aliphatic hydroxyl groups excluding tert-OH is 1. The monoisotopic (exact) mass is 595 g/mol. The number of hydrogen-bond acceptors (Lipinski definition) is 9. The molecule has 4 heterocycles. The molecule has 5 rings (SSSR count). The quantitative estimate of drug-likeness (QED) is 0.268. The third-order valence-electron chi connectivity index (χ3n) is 7.40. The highest BCUT2D eigenvalue weighted by Crippen LogP contribution is 2.40. The number of anilines is 2. The van der Waals surface area contributed by atoms with Crippen molar-refractivity contribution in [1.82, 2.24) is 24.6 Å². The van der Waals surface area contributed by atoms with E-state index in [1.807, 2.05) is 0 Å². The fraction of sp³-hybridized carbons (Fsp3) is 0.448. The van der Waals surface area contributed by atoms with Crippen LogP contribution >= 0.6 is 22.7 Å². The van der Waals surface area contributed by atoms with Gasteiger partial charge in [0.2, 0.25) is 5.91 Å². The second-order valence-corrected chi connectivity index (χ2v) is 12.3. The van der Waals surface area contributed by atoms with E-state index in [4.69, 9.17) is 9.97 Å². The highest BCUT2D eigenvalue weighted by molar-refractivity contribution is 7.17. The maximum absolute atomic E-state index is 13.5.